The van der Waals surface area contributed by atoms with Gasteiger partial charge < -0.3 is 10.6 Å². The average Bonchev–Trinajstić information content (AvgIpc) is 3.16. The number of hydrogen-bond acceptors (Lipinski definition) is 6. The van der Waals surface area contributed by atoms with E-state index in [1.807, 2.05) is 35.4 Å². The van der Waals surface area contributed by atoms with Crippen molar-refractivity contribution < 1.29 is 18.0 Å². The highest BCUT2D eigenvalue weighted by atomic mass is 32.2. The number of carbonyl (C=O) groups excluding carboxylic acids is 2. The summed E-state index contributed by atoms with van der Waals surface area (Å²) in [4.78, 5) is 24.4. The van der Waals surface area contributed by atoms with E-state index < -0.39 is 21.6 Å². The van der Waals surface area contributed by atoms with Crippen LogP contribution in [0.1, 0.15) is 25.0 Å². The maximum atomic E-state index is 12.5. The number of benzene rings is 1. The average molecular weight is 442 g/mol. The van der Waals surface area contributed by atoms with E-state index in [2.05, 4.69) is 10.6 Å². The van der Waals surface area contributed by atoms with Gasteiger partial charge in [-0.25, -0.2) is 17.9 Å². The van der Waals surface area contributed by atoms with E-state index >= 15 is 0 Å². The van der Waals surface area contributed by atoms with Crippen LogP contribution in [0.25, 0.3) is 0 Å². The lowest BCUT2D eigenvalue weighted by atomic mass is 9.97. The first-order valence-electron chi connectivity index (χ1n) is 8.34. The van der Waals surface area contributed by atoms with Crippen molar-refractivity contribution in [3.63, 3.8) is 0 Å². The lowest BCUT2D eigenvalue weighted by molar-refractivity contribution is -0.122. The standard InChI is InChI=1S/C18H23N3O4S3/c1-18(2,13-7-8-27-11-13)20-16(22)10-12-5-6-14(26-4)15(9-12)28(24,25)21-17(23)19-3/h5-9,11H,10H2,1-4H3,(H,20,22)(H2,19,21,23). The smallest absolute Gasteiger partial charge is 0.328 e. The van der Waals surface area contributed by atoms with E-state index in [9.17, 15) is 18.0 Å². The van der Waals surface area contributed by atoms with E-state index in [1.165, 1.54) is 24.9 Å². The van der Waals surface area contributed by atoms with Crippen molar-refractivity contribution in [2.75, 3.05) is 13.3 Å². The predicted molar refractivity (Wildman–Crippen MR) is 112 cm³/mol. The second kappa shape index (κ2) is 8.97. The molecule has 1 aromatic heterocycles. The first-order chi connectivity index (χ1) is 13.1. The highest BCUT2D eigenvalue weighted by Crippen LogP contribution is 2.27. The molecule has 0 saturated heterocycles. The molecule has 10 heteroatoms. The molecule has 152 valence electrons. The summed E-state index contributed by atoms with van der Waals surface area (Å²) in [5.41, 5.74) is 1.00. The van der Waals surface area contributed by atoms with E-state index in [4.69, 9.17) is 0 Å². The molecule has 0 fully saturated rings. The minimum Gasteiger partial charge on any atom is -0.347 e. The Bertz CT molecular complexity index is 954. The minimum absolute atomic E-state index is 0.0186. The number of thioether (sulfide) groups is 1. The molecule has 0 atom stereocenters. The van der Waals surface area contributed by atoms with Crippen LogP contribution in [-0.2, 0) is 26.8 Å². The normalized spacial score (nSPS) is 11.7. The molecule has 0 aliphatic heterocycles. The van der Waals surface area contributed by atoms with Gasteiger partial charge in [0.1, 0.15) is 4.90 Å². The van der Waals surface area contributed by atoms with Crippen LogP contribution in [0.2, 0.25) is 0 Å². The van der Waals surface area contributed by atoms with Gasteiger partial charge in [0.2, 0.25) is 5.91 Å². The van der Waals surface area contributed by atoms with Gasteiger partial charge in [-0.3, -0.25) is 4.79 Å². The van der Waals surface area contributed by atoms with Crippen LogP contribution in [-0.4, -0.2) is 33.7 Å². The molecule has 0 aliphatic rings. The Kier molecular flexibility index (Phi) is 7.13. The Morgan fingerprint density at radius 1 is 1.21 bits per heavy atom. The molecule has 1 heterocycles. The van der Waals surface area contributed by atoms with Crippen molar-refractivity contribution in [2.24, 2.45) is 0 Å². The highest BCUT2D eigenvalue weighted by molar-refractivity contribution is 7.99. The number of amides is 3. The Labute approximate surface area is 173 Å². The Morgan fingerprint density at radius 3 is 2.50 bits per heavy atom. The second-order valence-corrected chi connectivity index (χ2v) is 9.81. The molecule has 0 spiro atoms. The number of nitrogens with one attached hydrogen (secondary N) is 3. The van der Waals surface area contributed by atoms with Gasteiger partial charge in [0.15, 0.2) is 0 Å². The number of urea groups is 1. The molecule has 0 radical (unpaired) electrons. The highest BCUT2D eigenvalue weighted by Gasteiger charge is 2.25. The largest absolute Gasteiger partial charge is 0.347 e. The topological polar surface area (TPSA) is 104 Å². The zero-order chi connectivity index (χ0) is 20.9. The molecule has 0 saturated carbocycles. The van der Waals surface area contributed by atoms with Crippen molar-refractivity contribution in [1.82, 2.24) is 15.4 Å². The molecule has 28 heavy (non-hydrogen) atoms. The maximum Gasteiger partial charge on any atom is 0.328 e. The van der Waals surface area contributed by atoms with E-state index in [0.717, 1.165) is 5.56 Å². The van der Waals surface area contributed by atoms with Gasteiger partial charge in [-0.2, -0.15) is 11.3 Å². The number of thiophene rings is 1. The second-order valence-electron chi connectivity index (χ2n) is 6.53. The molecule has 0 aliphatic carbocycles. The summed E-state index contributed by atoms with van der Waals surface area (Å²) in [6, 6.07) is 5.90. The number of carbonyl (C=O) groups is 2. The Morgan fingerprint density at radius 2 is 1.93 bits per heavy atom. The molecular weight excluding hydrogens is 418 g/mol. The summed E-state index contributed by atoms with van der Waals surface area (Å²) in [6.45, 7) is 3.82. The fourth-order valence-electron chi connectivity index (χ4n) is 2.54. The van der Waals surface area contributed by atoms with Gasteiger partial charge in [0, 0.05) is 11.9 Å². The van der Waals surface area contributed by atoms with Gasteiger partial charge in [-0.05, 0) is 60.2 Å². The third-order valence-electron chi connectivity index (χ3n) is 4.03. The van der Waals surface area contributed by atoms with E-state index in [0.29, 0.717) is 10.5 Å². The van der Waals surface area contributed by atoms with Crippen LogP contribution in [0.3, 0.4) is 0 Å². The number of rotatable bonds is 7. The van der Waals surface area contributed by atoms with Gasteiger partial charge >= 0.3 is 6.03 Å². The SMILES string of the molecule is CNC(=O)NS(=O)(=O)c1cc(CC(=O)NC(C)(C)c2ccsc2)ccc1SC. The molecule has 2 rings (SSSR count). The molecule has 3 amide bonds. The van der Waals surface area contributed by atoms with Crippen molar-refractivity contribution in [3.05, 3.63) is 46.2 Å². The van der Waals surface area contributed by atoms with Crippen LogP contribution in [0, 0.1) is 0 Å². The summed E-state index contributed by atoms with van der Waals surface area (Å²) in [7, 11) is -2.73. The van der Waals surface area contributed by atoms with Gasteiger partial charge in [-0.1, -0.05) is 6.07 Å². The fraction of sp³-hybridized carbons (Fsp3) is 0.333. The molecule has 3 N–H and O–H groups in total. The zero-order valence-corrected chi connectivity index (χ0v) is 18.5. The van der Waals surface area contributed by atoms with Crippen LogP contribution < -0.4 is 15.4 Å². The van der Waals surface area contributed by atoms with Crippen LogP contribution >= 0.6 is 23.1 Å². The molecule has 2 aromatic rings. The summed E-state index contributed by atoms with van der Waals surface area (Å²) in [6.07, 6.45) is 1.76. The quantitative estimate of drug-likeness (QED) is 0.573. The van der Waals surface area contributed by atoms with E-state index in [-0.39, 0.29) is 17.2 Å². The van der Waals surface area contributed by atoms with Crippen LogP contribution in [0.4, 0.5) is 4.79 Å². The first kappa shape index (κ1) is 22.3. The third kappa shape index (κ3) is 5.49. The van der Waals surface area contributed by atoms with Crippen molar-refractivity contribution in [3.8, 4) is 0 Å². The molecule has 0 bridgehead atoms. The first-order valence-corrected chi connectivity index (χ1v) is 12.0. The fourth-order valence-corrected chi connectivity index (χ4v) is 5.50. The zero-order valence-electron chi connectivity index (χ0n) is 16.0. The number of sulfonamides is 1. The van der Waals surface area contributed by atoms with Gasteiger partial charge in [0.25, 0.3) is 10.0 Å². The number of hydrogen-bond donors (Lipinski definition) is 3. The van der Waals surface area contributed by atoms with Crippen LogP contribution in [0.5, 0.6) is 0 Å². The van der Waals surface area contributed by atoms with Crippen LogP contribution in [0.15, 0.2) is 44.8 Å². The van der Waals surface area contributed by atoms with Crippen molar-refractivity contribution >= 4 is 45.1 Å². The van der Waals surface area contributed by atoms with Crippen molar-refractivity contribution in [2.45, 2.75) is 35.6 Å². The molecule has 1 aromatic carbocycles. The molecule has 7 nitrogen and oxygen atoms in total. The van der Waals surface area contributed by atoms with Gasteiger partial charge in [0.05, 0.1) is 12.0 Å². The summed E-state index contributed by atoms with van der Waals surface area (Å²) >= 11 is 2.80. The summed E-state index contributed by atoms with van der Waals surface area (Å²) in [5, 5.41) is 9.10. The Hall–Kier alpha value is -2.04. The third-order valence-corrected chi connectivity index (χ3v) is 7.01. The Balaban J connectivity index is 2.23. The molecule has 0 unspecified atom stereocenters. The maximum absolute atomic E-state index is 12.5. The lowest BCUT2D eigenvalue weighted by Gasteiger charge is -2.25. The van der Waals surface area contributed by atoms with E-state index in [1.54, 1.807) is 29.7 Å². The predicted octanol–water partition coefficient (Wildman–Crippen LogP) is 2.68. The molecular formula is C18H23N3O4S3. The lowest BCUT2D eigenvalue weighted by Crippen LogP contribution is -2.41. The van der Waals surface area contributed by atoms with Crippen molar-refractivity contribution in [1.29, 1.82) is 0 Å². The summed E-state index contributed by atoms with van der Waals surface area (Å²) in [5.74, 6) is -0.226. The van der Waals surface area contributed by atoms with Gasteiger partial charge in [-0.15, -0.1) is 11.8 Å². The minimum atomic E-state index is -4.06. The summed E-state index contributed by atoms with van der Waals surface area (Å²) < 4.78 is 27.0. The monoisotopic (exact) mass is 441 g/mol.